The molecule has 3 heteroatoms. The van der Waals surface area contributed by atoms with Crippen LogP contribution in [0.3, 0.4) is 0 Å². The number of benzene rings is 4. The number of rotatable bonds is 15. The highest BCUT2D eigenvalue weighted by Gasteiger charge is 2.22. The van der Waals surface area contributed by atoms with Crippen molar-refractivity contribution in [2.45, 2.75) is 97.3 Å². The minimum absolute atomic E-state index is 0.00426. The van der Waals surface area contributed by atoms with Crippen molar-refractivity contribution >= 4 is 16.7 Å². The van der Waals surface area contributed by atoms with Crippen LogP contribution in [0.5, 0.6) is 0 Å². The number of hydrogen-bond acceptors (Lipinski definition) is 3. The van der Waals surface area contributed by atoms with Crippen LogP contribution in [0.4, 0.5) is 0 Å². The average Bonchev–Trinajstić information content (AvgIpc) is 3.09. The van der Waals surface area contributed by atoms with E-state index >= 15 is 0 Å². The van der Waals surface area contributed by atoms with Gasteiger partial charge in [-0.3, -0.25) is 4.79 Å². The summed E-state index contributed by atoms with van der Waals surface area (Å²) in [5, 5.41) is 12.2. The first-order valence-corrected chi connectivity index (χ1v) is 17.9. The number of unbranched alkanes of at least 4 members (excludes halogenated alkanes) is 2. The van der Waals surface area contributed by atoms with Gasteiger partial charge in [0.1, 0.15) is 0 Å². The number of ether oxygens (including phenoxy) is 1. The zero-order valence-corrected chi connectivity index (χ0v) is 28.3. The molecule has 5 rings (SSSR count). The van der Waals surface area contributed by atoms with E-state index < -0.39 is 0 Å². The van der Waals surface area contributed by atoms with Crippen LogP contribution >= 0.6 is 0 Å². The van der Waals surface area contributed by atoms with Crippen molar-refractivity contribution in [3.63, 3.8) is 0 Å². The molecule has 4 aromatic rings. The SMILES string of the molecule is CCCCCC1CCC(c2ccc(-c3ccc(CCc4ccc5cc(CC(CO)COC(=O)C(C)C)ccc5c4)cc3)cc2)CC1. The van der Waals surface area contributed by atoms with Gasteiger partial charge in [0, 0.05) is 12.5 Å². The summed E-state index contributed by atoms with van der Waals surface area (Å²) in [6, 6.07) is 31.7. The number of aliphatic hydroxyl groups is 1. The Hall–Kier alpha value is -3.43. The standard InChI is InChI=1S/C43H54O3/c1-4-5-6-7-32-10-16-37(17-11-32)39-22-24-40(25-23-39)38-18-12-33(13-19-38)8-9-34-14-20-42-28-35(15-21-41(42)27-34)26-36(29-44)30-46-43(45)31(2)3/h12-15,18-25,27-28,31-32,36-37,44H,4-11,16-17,26,29-30H2,1-3H3. The lowest BCUT2D eigenvalue weighted by atomic mass is 9.77. The summed E-state index contributed by atoms with van der Waals surface area (Å²) in [5.41, 5.74) is 7.97. The van der Waals surface area contributed by atoms with Crippen LogP contribution in [0.15, 0.2) is 84.9 Å². The summed E-state index contributed by atoms with van der Waals surface area (Å²) in [7, 11) is 0. The molecule has 1 saturated carbocycles. The zero-order valence-electron chi connectivity index (χ0n) is 28.3. The Balaban J connectivity index is 1.11. The fourth-order valence-corrected chi connectivity index (χ4v) is 7.07. The molecule has 1 aliphatic rings. The highest BCUT2D eigenvalue weighted by atomic mass is 16.5. The van der Waals surface area contributed by atoms with Crippen molar-refractivity contribution in [2.24, 2.45) is 17.8 Å². The summed E-state index contributed by atoms with van der Waals surface area (Å²) in [6.45, 7) is 6.19. The first kappa shape index (κ1) is 33.9. The van der Waals surface area contributed by atoms with Crippen molar-refractivity contribution in [1.29, 1.82) is 0 Å². The van der Waals surface area contributed by atoms with Gasteiger partial charge in [-0.15, -0.1) is 0 Å². The van der Waals surface area contributed by atoms with Gasteiger partial charge < -0.3 is 9.84 Å². The van der Waals surface area contributed by atoms with Crippen molar-refractivity contribution < 1.29 is 14.6 Å². The smallest absolute Gasteiger partial charge is 0.308 e. The van der Waals surface area contributed by atoms with E-state index in [0.29, 0.717) is 6.42 Å². The predicted molar refractivity (Wildman–Crippen MR) is 192 cm³/mol. The third kappa shape index (κ3) is 9.55. The van der Waals surface area contributed by atoms with E-state index in [-0.39, 0.29) is 31.0 Å². The largest absolute Gasteiger partial charge is 0.465 e. The molecule has 1 aliphatic carbocycles. The van der Waals surface area contributed by atoms with E-state index in [2.05, 4.69) is 91.9 Å². The maximum Gasteiger partial charge on any atom is 0.308 e. The van der Waals surface area contributed by atoms with Gasteiger partial charge in [0.05, 0.1) is 12.5 Å². The highest BCUT2D eigenvalue weighted by molar-refractivity contribution is 5.84. The lowest BCUT2D eigenvalue weighted by molar-refractivity contribution is -0.149. The Morgan fingerprint density at radius 3 is 1.98 bits per heavy atom. The van der Waals surface area contributed by atoms with Gasteiger partial charge in [-0.2, -0.15) is 0 Å². The molecule has 3 nitrogen and oxygen atoms in total. The fraction of sp³-hybridized carbons (Fsp3) is 0.465. The lowest BCUT2D eigenvalue weighted by Gasteiger charge is -2.29. The second kappa shape index (κ2) is 16.9. The number of fused-ring (bicyclic) bond motifs is 1. The average molecular weight is 619 g/mol. The van der Waals surface area contributed by atoms with Crippen molar-refractivity contribution in [3.05, 3.63) is 107 Å². The quantitative estimate of drug-likeness (QED) is 0.106. The van der Waals surface area contributed by atoms with E-state index in [4.69, 9.17) is 4.74 Å². The fourth-order valence-electron chi connectivity index (χ4n) is 7.07. The second-order valence-corrected chi connectivity index (χ2v) is 14.1. The van der Waals surface area contributed by atoms with Crippen molar-refractivity contribution in [1.82, 2.24) is 0 Å². The van der Waals surface area contributed by atoms with Gasteiger partial charge in [-0.25, -0.2) is 0 Å². The van der Waals surface area contributed by atoms with Crippen LogP contribution in [0.2, 0.25) is 0 Å². The number of carbonyl (C=O) groups is 1. The van der Waals surface area contributed by atoms with Crippen LogP contribution in [0.25, 0.3) is 21.9 Å². The van der Waals surface area contributed by atoms with E-state index in [0.717, 1.165) is 30.2 Å². The molecule has 1 atom stereocenters. The number of aliphatic hydroxyl groups excluding tert-OH is 1. The zero-order chi connectivity index (χ0) is 32.3. The van der Waals surface area contributed by atoms with Gasteiger partial charge in [0.15, 0.2) is 0 Å². The van der Waals surface area contributed by atoms with Crippen LogP contribution in [0.1, 0.15) is 100 Å². The van der Waals surface area contributed by atoms with E-state index in [1.165, 1.54) is 90.0 Å². The first-order chi connectivity index (χ1) is 22.4. The molecule has 0 spiro atoms. The third-order valence-electron chi connectivity index (χ3n) is 10.1. The molecular formula is C43H54O3. The van der Waals surface area contributed by atoms with Gasteiger partial charge >= 0.3 is 5.97 Å². The molecule has 1 fully saturated rings. The molecule has 4 aromatic carbocycles. The van der Waals surface area contributed by atoms with Gasteiger partial charge in [-0.1, -0.05) is 131 Å². The normalized spacial score (nSPS) is 17.3. The molecule has 1 N–H and O–H groups in total. The lowest BCUT2D eigenvalue weighted by Crippen LogP contribution is -2.21. The predicted octanol–water partition coefficient (Wildman–Crippen LogP) is 10.5. The maximum absolute atomic E-state index is 11.8. The molecule has 0 bridgehead atoms. The Morgan fingerprint density at radius 1 is 0.761 bits per heavy atom. The highest BCUT2D eigenvalue weighted by Crippen LogP contribution is 2.38. The third-order valence-corrected chi connectivity index (χ3v) is 10.1. The Labute approximate surface area is 277 Å². The first-order valence-electron chi connectivity index (χ1n) is 17.9. The molecule has 0 amide bonds. The number of hydrogen-bond donors (Lipinski definition) is 1. The number of carbonyl (C=O) groups excluding carboxylic acids is 1. The Kier molecular flexibility index (Phi) is 12.5. The van der Waals surface area contributed by atoms with Crippen LogP contribution in [-0.4, -0.2) is 24.3 Å². The number of aryl methyl sites for hydroxylation is 2. The second-order valence-electron chi connectivity index (χ2n) is 14.1. The van der Waals surface area contributed by atoms with E-state index in [9.17, 15) is 9.90 Å². The molecule has 0 aliphatic heterocycles. The maximum atomic E-state index is 11.8. The van der Waals surface area contributed by atoms with Gasteiger partial charge in [-0.05, 0) is 101 Å². The summed E-state index contributed by atoms with van der Waals surface area (Å²) >= 11 is 0. The number of esters is 1. The Morgan fingerprint density at radius 2 is 1.35 bits per heavy atom. The van der Waals surface area contributed by atoms with E-state index in [1.54, 1.807) is 0 Å². The molecular weight excluding hydrogens is 564 g/mol. The van der Waals surface area contributed by atoms with Crippen LogP contribution < -0.4 is 0 Å². The minimum atomic E-state index is -0.217. The van der Waals surface area contributed by atoms with Gasteiger partial charge in [0.2, 0.25) is 0 Å². The topological polar surface area (TPSA) is 46.5 Å². The molecule has 0 saturated heterocycles. The summed E-state index contributed by atoms with van der Waals surface area (Å²) in [4.78, 5) is 11.8. The molecule has 0 aromatic heterocycles. The molecule has 0 heterocycles. The summed E-state index contributed by atoms with van der Waals surface area (Å²) in [5.74, 6) is 1.23. The monoisotopic (exact) mass is 618 g/mol. The Bertz CT molecular complexity index is 1510. The van der Waals surface area contributed by atoms with Gasteiger partial charge in [0.25, 0.3) is 0 Å². The molecule has 0 radical (unpaired) electrons. The molecule has 46 heavy (non-hydrogen) atoms. The van der Waals surface area contributed by atoms with Crippen LogP contribution in [-0.2, 0) is 28.8 Å². The summed E-state index contributed by atoms with van der Waals surface area (Å²) in [6.07, 6.45) is 13.8. The molecule has 1 unspecified atom stereocenters. The summed E-state index contributed by atoms with van der Waals surface area (Å²) < 4.78 is 5.36. The van der Waals surface area contributed by atoms with Crippen LogP contribution in [0, 0.1) is 17.8 Å². The van der Waals surface area contributed by atoms with E-state index in [1.807, 2.05) is 13.8 Å². The van der Waals surface area contributed by atoms with Crippen molar-refractivity contribution in [3.8, 4) is 11.1 Å². The molecule has 244 valence electrons. The van der Waals surface area contributed by atoms with Crippen molar-refractivity contribution in [2.75, 3.05) is 13.2 Å². The minimum Gasteiger partial charge on any atom is -0.465 e.